The summed E-state index contributed by atoms with van der Waals surface area (Å²) in [6.07, 6.45) is 3.53. The van der Waals surface area contributed by atoms with Gasteiger partial charge in [-0.05, 0) is 56.1 Å². The van der Waals surface area contributed by atoms with Crippen LogP contribution < -0.4 is 4.90 Å². The molecule has 1 aliphatic rings. The van der Waals surface area contributed by atoms with Gasteiger partial charge >= 0.3 is 0 Å². The number of aliphatic hydroxyl groups excluding tert-OH is 1. The lowest BCUT2D eigenvalue weighted by Crippen LogP contribution is -2.43. The Morgan fingerprint density at radius 2 is 1.92 bits per heavy atom. The fraction of sp³-hybridized carbons (Fsp3) is 0.421. The first kappa shape index (κ1) is 16.7. The Labute approximate surface area is 142 Å². The molecule has 0 saturated carbocycles. The molecule has 0 bridgehead atoms. The van der Waals surface area contributed by atoms with E-state index in [1.807, 2.05) is 42.5 Å². The van der Waals surface area contributed by atoms with Gasteiger partial charge in [-0.3, -0.25) is 9.69 Å². The van der Waals surface area contributed by atoms with Crippen LogP contribution in [0.2, 0.25) is 0 Å². The van der Waals surface area contributed by atoms with Gasteiger partial charge in [0.05, 0.1) is 19.4 Å². The van der Waals surface area contributed by atoms with Gasteiger partial charge in [0, 0.05) is 12.3 Å². The molecule has 0 aliphatic carbocycles. The van der Waals surface area contributed by atoms with Crippen molar-refractivity contribution in [3.63, 3.8) is 0 Å². The maximum atomic E-state index is 12.9. The summed E-state index contributed by atoms with van der Waals surface area (Å²) in [7, 11) is 0. The zero-order valence-corrected chi connectivity index (χ0v) is 13.8. The van der Waals surface area contributed by atoms with E-state index >= 15 is 0 Å². The maximum Gasteiger partial charge on any atom is 0.241 e. The SMILES string of the molecule is O=C(CN1CCC(CO)CC1)N(Cc1ccco1)c1ccccc1. The molecular formula is C19H24N2O3. The highest BCUT2D eigenvalue weighted by Crippen LogP contribution is 2.20. The van der Waals surface area contributed by atoms with Gasteiger partial charge in [-0.2, -0.15) is 0 Å². The van der Waals surface area contributed by atoms with Crippen molar-refractivity contribution in [2.45, 2.75) is 19.4 Å². The highest BCUT2D eigenvalue weighted by atomic mass is 16.3. The lowest BCUT2D eigenvalue weighted by Gasteiger charge is -2.32. The van der Waals surface area contributed by atoms with Crippen LogP contribution in [0.15, 0.2) is 53.1 Å². The first-order chi connectivity index (χ1) is 11.8. The van der Waals surface area contributed by atoms with Crippen LogP contribution in [0.5, 0.6) is 0 Å². The van der Waals surface area contributed by atoms with Crippen LogP contribution in [0, 0.1) is 5.92 Å². The predicted molar refractivity (Wildman–Crippen MR) is 92.6 cm³/mol. The van der Waals surface area contributed by atoms with Gasteiger partial charge in [0.15, 0.2) is 0 Å². The summed E-state index contributed by atoms with van der Waals surface area (Å²) in [6, 6.07) is 13.4. The standard InChI is InChI=1S/C19H24N2O3/c22-15-16-8-10-20(11-9-16)14-19(23)21(13-18-7-4-12-24-18)17-5-2-1-3-6-17/h1-7,12,16,22H,8-11,13-15H2. The second-order valence-corrected chi connectivity index (χ2v) is 6.30. The summed E-state index contributed by atoms with van der Waals surface area (Å²) in [5.74, 6) is 1.22. The number of hydrogen-bond acceptors (Lipinski definition) is 4. The Hall–Kier alpha value is -2.11. The van der Waals surface area contributed by atoms with Gasteiger partial charge in [-0.1, -0.05) is 18.2 Å². The predicted octanol–water partition coefficient (Wildman–Crippen LogP) is 2.52. The quantitative estimate of drug-likeness (QED) is 0.885. The largest absolute Gasteiger partial charge is 0.467 e. The molecule has 2 heterocycles. The van der Waals surface area contributed by atoms with Crippen LogP contribution in [0.4, 0.5) is 5.69 Å². The average molecular weight is 328 g/mol. The summed E-state index contributed by atoms with van der Waals surface area (Å²) >= 11 is 0. The molecule has 128 valence electrons. The molecule has 5 nitrogen and oxygen atoms in total. The smallest absolute Gasteiger partial charge is 0.241 e. The molecule has 1 N–H and O–H groups in total. The molecule has 24 heavy (non-hydrogen) atoms. The van der Waals surface area contributed by atoms with E-state index in [1.54, 1.807) is 11.2 Å². The van der Waals surface area contributed by atoms with Crippen molar-refractivity contribution < 1.29 is 14.3 Å². The van der Waals surface area contributed by atoms with Crippen LogP contribution in [-0.4, -0.2) is 42.2 Å². The minimum Gasteiger partial charge on any atom is -0.467 e. The van der Waals surface area contributed by atoms with E-state index < -0.39 is 0 Å². The molecule has 0 unspecified atom stereocenters. The van der Waals surface area contributed by atoms with Gasteiger partial charge in [-0.15, -0.1) is 0 Å². The number of nitrogens with zero attached hydrogens (tertiary/aromatic N) is 2. The Kier molecular flexibility index (Phi) is 5.67. The van der Waals surface area contributed by atoms with Gasteiger partial charge in [0.1, 0.15) is 5.76 Å². The van der Waals surface area contributed by atoms with E-state index in [0.29, 0.717) is 19.0 Å². The van der Waals surface area contributed by atoms with Gasteiger partial charge in [-0.25, -0.2) is 0 Å². The zero-order chi connectivity index (χ0) is 16.8. The molecule has 5 heteroatoms. The number of piperidine rings is 1. The summed E-state index contributed by atoms with van der Waals surface area (Å²) in [4.78, 5) is 16.8. The van der Waals surface area contributed by atoms with Crippen molar-refractivity contribution in [1.82, 2.24) is 4.90 Å². The van der Waals surface area contributed by atoms with E-state index in [0.717, 1.165) is 37.4 Å². The molecular weight excluding hydrogens is 304 g/mol. The second kappa shape index (κ2) is 8.13. The van der Waals surface area contributed by atoms with E-state index in [2.05, 4.69) is 4.90 Å². The Balaban J connectivity index is 1.67. The Morgan fingerprint density at radius 3 is 2.54 bits per heavy atom. The number of aliphatic hydroxyl groups is 1. The number of likely N-dealkylation sites (tertiary alicyclic amines) is 1. The molecule has 1 fully saturated rings. The third-order valence-corrected chi connectivity index (χ3v) is 4.59. The third kappa shape index (κ3) is 4.24. The molecule has 1 aromatic heterocycles. The fourth-order valence-corrected chi connectivity index (χ4v) is 3.09. The number of anilines is 1. The Morgan fingerprint density at radius 1 is 1.17 bits per heavy atom. The second-order valence-electron chi connectivity index (χ2n) is 6.30. The normalized spacial score (nSPS) is 16.2. The number of amides is 1. The molecule has 3 rings (SSSR count). The van der Waals surface area contributed by atoms with E-state index in [4.69, 9.17) is 4.42 Å². The van der Waals surface area contributed by atoms with Crippen molar-refractivity contribution in [2.75, 3.05) is 31.1 Å². The fourth-order valence-electron chi connectivity index (χ4n) is 3.09. The Bertz CT molecular complexity index is 619. The molecule has 1 aromatic carbocycles. The number of para-hydroxylation sites is 1. The monoisotopic (exact) mass is 328 g/mol. The lowest BCUT2D eigenvalue weighted by atomic mass is 9.98. The van der Waals surface area contributed by atoms with Crippen LogP contribution >= 0.6 is 0 Å². The minimum atomic E-state index is 0.0695. The molecule has 1 aliphatic heterocycles. The lowest BCUT2D eigenvalue weighted by molar-refractivity contribution is -0.120. The molecule has 2 aromatic rings. The third-order valence-electron chi connectivity index (χ3n) is 4.59. The molecule has 1 amide bonds. The van der Waals surface area contributed by atoms with Crippen LogP contribution in [0.25, 0.3) is 0 Å². The first-order valence-corrected chi connectivity index (χ1v) is 8.47. The van der Waals surface area contributed by atoms with E-state index in [-0.39, 0.29) is 12.5 Å². The van der Waals surface area contributed by atoms with Crippen molar-refractivity contribution in [1.29, 1.82) is 0 Å². The molecule has 0 atom stereocenters. The van der Waals surface area contributed by atoms with Crippen LogP contribution in [0.1, 0.15) is 18.6 Å². The summed E-state index contributed by atoms with van der Waals surface area (Å²) in [5.41, 5.74) is 0.879. The van der Waals surface area contributed by atoms with Crippen LogP contribution in [-0.2, 0) is 11.3 Å². The molecule has 0 spiro atoms. The zero-order valence-electron chi connectivity index (χ0n) is 13.8. The maximum absolute atomic E-state index is 12.9. The summed E-state index contributed by atoms with van der Waals surface area (Å²) in [6.45, 7) is 2.80. The van der Waals surface area contributed by atoms with Crippen molar-refractivity contribution in [3.8, 4) is 0 Å². The van der Waals surface area contributed by atoms with Gasteiger partial charge < -0.3 is 14.4 Å². The topological polar surface area (TPSA) is 56.9 Å². The van der Waals surface area contributed by atoms with E-state index in [9.17, 15) is 9.90 Å². The number of carbonyl (C=O) groups is 1. The molecule has 0 radical (unpaired) electrons. The summed E-state index contributed by atoms with van der Waals surface area (Å²) < 4.78 is 5.42. The number of carbonyl (C=O) groups excluding carboxylic acids is 1. The van der Waals surface area contributed by atoms with Gasteiger partial charge in [0.25, 0.3) is 0 Å². The number of rotatable bonds is 6. The number of hydrogen-bond donors (Lipinski definition) is 1. The van der Waals surface area contributed by atoms with Gasteiger partial charge in [0.2, 0.25) is 5.91 Å². The van der Waals surface area contributed by atoms with Crippen molar-refractivity contribution in [2.24, 2.45) is 5.92 Å². The van der Waals surface area contributed by atoms with E-state index in [1.165, 1.54) is 0 Å². The summed E-state index contributed by atoms with van der Waals surface area (Å²) in [5, 5.41) is 9.24. The van der Waals surface area contributed by atoms with Crippen LogP contribution in [0.3, 0.4) is 0 Å². The first-order valence-electron chi connectivity index (χ1n) is 8.47. The average Bonchev–Trinajstić information content (AvgIpc) is 3.14. The molecule has 1 saturated heterocycles. The highest BCUT2D eigenvalue weighted by Gasteiger charge is 2.24. The number of benzene rings is 1. The minimum absolute atomic E-state index is 0.0695. The highest BCUT2D eigenvalue weighted by molar-refractivity contribution is 5.94. The number of furan rings is 1. The van der Waals surface area contributed by atoms with Crippen molar-refractivity contribution >= 4 is 11.6 Å². The van der Waals surface area contributed by atoms with Crippen molar-refractivity contribution in [3.05, 3.63) is 54.5 Å².